The Balaban J connectivity index is 2.04. The number of amides is 1. The Labute approximate surface area is 117 Å². The predicted octanol–water partition coefficient (Wildman–Crippen LogP) is 1.53. The summed E-state index contributed by atoms with van der Waals surface area (Å²) < 4.78 is 0. The van der Waals surface area contributed by atoms with E-state index in [0.29, 0.717) is 5.17 Å². The van der Waals surface area contributed by atoms with Crippen LogP contribution in [-0.4, -0.2) is 33.1 Å². The summed E-state index contributed by atoms with van der Waals surface area (Å²) in [6.45, 7) is 1.83. The Morgan fingerprint density at radius 1 is 1.58 bits per heavy atom. The van der Waals surface area contributed by atoms with Gasteiger partial charge in [-0.1, -0.05) is 17.8 Å². The van der Waals surface area contributed by atoms with Gasteiger partial charge >= 0.3 is 5.97 Å². The fourth-order valence-corrected chi connectivity index (χ4v) is 2.98. The number of rotatable bonds is 4. The maximum atomic E-state index is 11.5. The minimum Gasteiger partial charge on any atom is -0.481 e. The average molecular weight is 297 g/mol. The van der Waals surface area contributed by atoms with E-state index in [2.05, 4.69) is 15.5 Å². The minimum atomic E-state index is -1.01. The molecule has 2 rings (SSSR count). The molecule has 0 spiro atoms. The molecule has 100 valence electrons. The molecule has 1 fully saturated rings. The van der Waals surface area contributed by atoms with Gasteiger partial charge in [0, 0.05) is 0 Å². The first-order chi connectivity index (χ1) is 9.06. The van der Waals surface area contributed by atoms with Crippen molar-refractivity contribution in [2.24, 2.45) is 10.2 Å². The van der Waals surface area contributed by atoms with Gasteiger partial charge in [-0.2, -0.15) is 5.10 Å². The number of aliphatic carboxylic acids is 1. The summed E-state index contributed by atoms with van der Waals surface area (Å²) in [6.07, 6.45) is -0.219. The minimum absolute atomic E-state index is 0.219. The van der Waals surface area contributed by atoms with Gasteiger partial charge in [-0.25, -0.2) is 0 Å². The summed E-state index contributed by atoms with van der Waals surface area (Å²) in [4.78, 5) is 23.0. The van der Waals surface area contributed by atoms with Crippen LogP contribution in [0.4, 0.5) is 0 Å². The van der Waals surface area contributed by atoms with Crippen molar-refractivity contribution in [3.8, 4) is 0 Å². The second-order valence-corrected chi connectivity index (χ2v) is 5.90. The molecule has 0 aliphatic carbocycles. The van der Waals surface area contributed by atoms with Gasteiger partial charge in [-0.05, 0) is 18.4 Å². The Bertz CT molecular complexity index is 552. The van der Waals surface area contributed by atoms with E-state index in [-0.39, 0.29) is 12.3 Å². The summed E-state index contributed by atoms with van der Waals surface area (Å²) >= 11 is 2.64. The number of thiophene rings is 1. The number of hydrogen-bond acceptors (Lipinski definition) is 6. The number of carboxylic acid groups (broad SMARTS) is 1. The number of thioether (sulfide) groups is 1. The molecule has 1 saturated heterocycles. The Morgan fingerprint density at radius 2 is 2.37 bits per heavy atom. The number of hydrogen-bond donors (Lipinski definition) is 2. The van der Waals surface area contributed by atoms with Gasteiger partial charge in [0.05, 0.1) is 17.0 Å². The number of nitrogens with one attached hydrogen (secondary N) is 1. The van der Waals surface area contributed by atoms with Crippen molar-refractivity contribution in [1.82, 2.24) is 5.32 Å². The van der Waals surface area contributed by atoms with Crippen LogP contribution in [0.15, 0.2) is 27.7 Å². The molecule has 2 N–H and O–H groups in total. The van der Waals surface area contributed by atoms with Crippen LogP contribution in [0.5, 0.6) is 0 Å². The predicted molar refractivity (Wildman–Crippen MR) is 75.7 cm³/mol. The number of carboxylic acids is 1. The van der Waals surface area contributed by atoms with Crippen molar-refractivity contribution in [3.63, 3.8) is 0 Å². The molecule has 6 nitrogen and oxygen atoms in total. The van der Waals surface area contributed by atoms with Crippen molar-refractivity contribution in [2.75, 3.05) is 0 Å². The second-order valence-electron chi connectivity index (χ2n) is 3.76. The molecule has 0 saturated carbocycles. The summed E-state index contributed by atoms with van der Waals surface area (Å²) in [5.41, 5.74) is 0.749. The zero-order valence-electron chi connectivity index (χ0n) is 9.99. The van der Waals surface area contributed by atoms with Crippen LogP contribution in [0.25, 0.3) is 0 Å². The third kappa shape index (κ3) is 3.65. The van der Waals surface area contributed by atoms with E-state index in [9.17, 15) is 9.59 Å². The van der Waals surface area contributed by atoms with E-state index in [0.717, 1.165) is 22.4 Å². The van der Waals surface area contributed by atoms with Crippen LogP contribution in [0.2, 0.25) is 0 Å². The molecule has 0 bridgehead atoms. The Hall–Kier alpha value is -1.67. The molecule has 1 aromatic heterocycles. The molecule has 19 heavy (non-hydrogen) atoms. The third-order valence-corrected chi connectivity index (χ3v) is 4.36. The topological polar surface area (TPSA) is 91.1 Å². The molecular weight excluding hydrogens is 286 g/mol. The van der Waals surface area contributed by atoms with E-state index >= 15 is 0 Å². The molecule has 1 aliphatic rings. The number of carbonyl (C=O) groups is 2. The summed E-state index contributed by atoms with van der Waals surface area (Å²) in [7, 11) is 0. The van der Waals surface area contributed by atoms with Crippen molar-refractivity contribution in [1.29, 1.82) is 0 Å². The molecule has 8 heteroatoms. The quantitative estimate of drug-likeness (QED) is 0.651. The number of amidine groups is 1. The van der Waals surface area contributed by atoms with Gasteiger partial charge < -0.3 is 10.4 Å². The summed E-state index contributed by atoms with van der Waals surface area (Å²) in [5.74, 6) is -1.35. The largest absolute Gasteiger partial charge is 0.481 e. The molecule has 2 heterocycles. The van der Waals surface area contributed by atoms with Crippen molar-refractivity contribution >= 4 is 45.9 Å². The monoisotopic (exact) mass is 297 g/mol. The van der Waals surface area contributed by atoms with Gasteiger partial charge in [0.15, 0.2) is 5.17 Å². The fraction of sp³-hybridized carbons (Fsp3) is 0.273. The highest BCUT2D eigenvalue weighted by atomic mass is 32.2. The van der Waals surface area contributed by atoms with Crippen LogP contribution >= 0.6 is 23.1 Å². The first-order valence-corrected chi connectivity index (χ1v) is 7.17. The van der Waals surface area contributed by atoms with Crippen molar-refractivity contribution in [2.45, 2.75) is 18.6 Å². The van der Waals surface area contributed by atoms with Crippen molar-refractivity contribution < 1.29 is 14.7 Å². The van der Waals surface area contributed by atoms with Crippen LogP contribution < -0.4 is 5.32 Å². The number of carbonyl (C=O) groups excluding carboxylic acids is 1. The van der Waals surface area contributed by atoms with Crippen LogP contribution in [0, 0.1) is 0 Å². The van der Waals surface area contributed by atoms with Crippen LogP contribution in [0.3, 0.4) is 0 Å². The Morgan fingerprint density at radius 3 is 3.00 bits per heavy atom. The molecule has 1 aromatic rings. The van der Waals surface area contributed by atoms with E-state index < -0.39 is 11.2 Å². The van der Waals surface area contributed by atoms with Gasteiger partial charge in [0.25, 0.3) is 0 Å². The summed E-state index contributed by atoms with van der Waals surface area (Å²) in [6, 6.07) is 3.85. The molecule has 1 atom stereocenters. The molecule has 0 aromatic carbocycles. The van der Waals surface area contributed by atoms with Gasteiger partial charge in [0.2, 0.25) is 5.91 Å². The van der Waals surface area contributed by atoms with E-state index in [1.807, 2.05) is 24.4 Å². The number of nitrogens with zero attached hydrogens (tertiary/aromatic N) is 2. The SMILES string of the molecule is C/C(=N/N=C1\NC(=O)[C@@H](CC(=O)O)S1)c1cccs1. The molecule has 0 unspecified atom stereocenters. The maximum Gasteiger partial charge on any atom is 0.305 e. The zero-order chi connectivity index (χ0) is 13.8. The highest BCUT2D eigenvalue weighted by Crippen LogP contribution is 2.22. The zero-order valence-corrected chi connectivity index (χ0v) is 11.6. The molecule has 1 amide bonds. The Kier molecular flexibility index (Phi) is 4.33. The highest BCUT2D eigenvalue weighted by Gasteiger charge is 2.32. The first-order valence-electron chi connectivity index (χ1n) is 5.41. The first kappa shape index (κ1) is 13.8. The third-order valence-electron chi connectivity index (χ3n) is 2.31. The van der Waals surface area contributed by atoms with E-state index in [1.54, 1.807) is 11.3 Å². The van der Waals surface area contributed by atoms with Gasteiger partial charge in [-0.3, -0.25) is 9.59 Å². The molecule has 0 radical (unpaired) electrons. The lowest BCUT2D eigenvalue weighted by Crippen LogP contribution is -2.26. The lowest BCUT2D eigenvalue weighted by atomic mass is 10.3. The van der Waals surface area contributed by atoms with E-state index in [4.69, 9.17) is 5.11 Å². The standard InChI is InChI=1S/C11H11N3O3S2/c1-6(7-3-2-4-18-7)13-14-11-12-10(17)8(19-11)5-9(15)16/h2-4,8H,5H2,1H3,(H,15,16)(H,12,14,17)/b13-6-/t8-/m1/s1. The van der Waals surface area contributed by atoms with Gasteiger partial charge in [-0.15, -0.1) is 16.4 Å². The average Bonchev–Trinajstić information content (AvgIpc) is 2.96. The molecule has 1 aliphatic heterocycles. The maximum absolute atomic E-state index is 11.5. The second kappa shape index (κ2) is 5.98. The highest BCUT2D eigenvalue weighted by molar-refractivity contribution is 8.15. The lowest BCUT2D eigenvalue weighted by Gasteiger charge is -1.98. The molecular formula is C11H11N3O3S2. The normalized spacial score (nSPS) is 21.7. The van der Waals surface area contributed by atoms with Gasteiger partial charge in [0.1, 0.15) is 5.25 Å². The smallest absolute Gasteiger partial charge is 0.305 e. The fourth-order valence-electron chi connectivity index (χ4n) is 1.40. The van der Waals surface area contributed by atoms with Crippen LogP contribution in [-0.2, 0) is 9.59 Å². The summed E-state index contributed by atoms with van der Waals surface area (Å²) in [5, 5.41) is 20.8. The van der Waals surface area contributed by atoms with Crippen LogP contribution in [0.1, 0.15) is 18.2 Å². The van der Waals surface area contributed by atoms with E-state index in [1.165, 1.54) is 0 Å². The lowest BCUT2D eigenvalue weighted by molar-refractivity contribution is -0.138. The van der Waals surface area contributed by atoms with Crippen molar-refractivity contribution in [3.05, 3.63) is 22.4 Å².